The van der Waals surface area contributed by atoms with Crippen LogP contribution >= 0.6 is 0 Å². The minimum atomic E-state index is -0.185. The second-order valence-corrected chi connectivity index (χ2v) is 25.1. The van der Waals surface area contributed by atoms with Crippen LogP contribution in [0.5, 0.6) is 0 Å². The van der Waals surface area contributed by atoms with Crippen LogP contribution in [0.4, 0.5) is 11.4 Å². The molecule has 2 aliphatic heterocycles. The largest absolute Gasteiger partial charge is 0.455 e. The molecule has 15 rings (SSSR count). The van der Waals surface area contributed by atoms with Crippen molar-refractivity contribution in [3.05, 3.63) is 172 Å². The van der Waals surface area contributed by atoms with Gasteiger partial charge in [0, 0.05) is 60.6 Å². The molecule has 3 nitrogen and oxygen atoms in total. The van der Waals surface area contributed by atoms with Crippen molar-refractivity contribution < 1.29 is 4.42 Å². The topological polar surface area (TPSA) is 21.3 Å². The normalized spacial score (nSPS) is 17.9. The number of fused-ring (bicyclic) bond motifs is 20. The number of para-hydroxylation sites is 1. The first-order chi connectivity index (χ1) is 33.4. The Kier molecular flexibility index (Phi) is 7.48. The van der Waals surface area contributed by atoms with Crippen molar-refractivity contribution >= 4 is 72.9 Å². The van der Waals surface area contributed by atoms with Gasteiger partial charge in [0.1, 0.15) is 11.2 Å². The molecule has 0 amide bonds. The molecule has 0 saturated heterocycles. The van der Waals surface area contributed by atoms with Crippen molar-refractivity contribution in [3.8, 4) is 39.1 Å². The predicted octanol–water partition coefficient (Wildman–Crippen LogP) is 16.2. The fraction of sp³-hybridized carbons (Fsp3) is 0.273. The van der Waals surface area contributed by atoms with Crippen LogP contribution in [-0.4, -0.2) is 11.4 Å². The van der Waals surface area contributed by atoms with Crippen LogP contribution in [0.15, 0.2) is 138 Å². The van der Waals surface area contributed by atoms with E-state index in [4.69, 9.17) is 4.42 Å². The number of hydrogen-bond donors (Lipinski definition) is 0. The molecule has 4 heterocycles. The number of benzene rings is 8. The number of hydrogen-bond acceptors (Lipinski definition) is 2. The van der Waals surface area contributed by atoms with Gasteiger partial charge in [0.15, 0.2) is 0 Å². The lowest BCUT2D eigenvalue weighted by Crippen LogP contribution is -2.60. The summed E-state index contributed by atoms with van der Waals surface area (Å²) >= 11 is 0. The molecule has 8 aromatic carbocycles. The summed E-state index contributed by atoms with van der Waals surface area (Å²) in [5.74, 6) is 0. The Morgan fingerprint density at radius 3 is 1.76 bits per heavy atom. The van der Waals surface area contributed by atoms with Crippen molar-refractivity contribution in [3.63, 3.8) is 0 Å². The van der Waals surface area contributed by atoms with E-state index in [1.165, 1.54) is 133 Å². The van der Waals surface area contributed by atoms with Gasteiger partial charge in [-0.15, -0.1) is 0 Å². The number of nitrogens with zero attached hydrogens (tertiary/aromatic N) is 2. The summed E-state index contributed by atoms with van der Waals surface area (Å²) in [5.41, 5.74) is 28.3. The molecular formula is C66H59BN2O. The molecule has 10 aromatic rings. The van der Waals surface area contributed by atoms with Gasteiger partial charge in [0.05, 0.1) is 11.0 Å². The van der Waals surface area contributed by atoms with E-state index in [9.17, 15) is 0 Å². The number of rotatable bonds is 1. The molecule has 0 fully saturated rings. The van der Waals surface area contributed by atoms with Crippen LogP contribution in [-0.2, 0) is 27.1 Å². The SMILES string of the molecule is CC(C)(C)c1ccc(N2B3c4cc5c(cc4-n4c6cc7c(cc6c6c8c(oc9ccccc98)c(c3c64)-c3cc4c(cc32)C(C)(C)c2ccccc2-4)C(C)(C)CCC7(C)C)C(C)(C)c2ccccc2-5)cc1. The van der Waals surface area contributed by atoms with E-state index in [0.717, 1.165) is 24.0 Å². The van der Waals surface area contributed by atoms with Crippen molar-refractivity contribution in [1.82, 2.24) is 4.57 Å². The Balaban J connectivity index is 1.19. The average Bonchev–Trinajstić information content (AvgIpc) is 4.02. The molecular weight excluding hydrogens is 848 g/mol. The lowest BCUT2D eigenvalue weighted by atomic mass is 9.43. The summed E-state index contributed by atoms with van der Waals surface area (Å²) in [7, 11) is 0. The first kappa shape index (κ1) is 41.0. The smallest absolute Gasteiger partial charge is 0.333 e. The third-order valence-electron chi connectivity index (χ3n) is 18.6. The van der Waals surface area contributed by atoms with Crippen LogP contribution in [0.1, 0.15) is 128 Å². The summed E-state index contributed by atoms with van der Waals surface area (Å²) in [4.78, 5) is 2.74. The highest BCUT2D eigenvalue weighted by Gasteiger charge is 2.50. The van der Waals surface area contributed by atoms with E-state index in [0.29, 0.717) is 0 Å². The first-order valence-corrected chi connectivity index (χ1v) is 25.8. The monoisotopic (exact) mass is 906 g/mol. The van der Waals surface area contributed by atoms with Gasteiger partial charge in [-0.2, -0.15) is 0 Å². The van der Waals surface area contributed by atoms with E-state index in [-0.39, 0.29) is 33.9 Å². The Morgan fingerprint density at radius 2 is 1.10 bits per heavy atom. The van der Waals surface area contributed by atoms with Crippen LogP contribution in [0, 0.1) is 0 Å². The van der Waals surface area contributed by atoms with Gasteiger partial charge in [-0.1, -0.05) is 161 Å². The van der Waals surface area contributed by atoms with E-state index in [2.05, 4.69) is 219 Å². The van der Waals surface area contributed by atoms with Gasteiger partial charge in [0.25, 0.3) is 0 Å². The quantitative estimate of drug-likeness (QED) is 0.153. The van der Waals surface area contributed by atoms with Gasteiger partial charge >= 0.3 is 6.85 Å². The summed E-state index contributed by atoms with van der Waals surface area (Å²) in [6.45, 7) is 26.4. The molecule has 0 radical (unpaired) electrons. The molecule has 0 saturated carbocycles. The maximum Gasteiger partial charge on any atom is 0.333 e. The lowest BCUT2D eigenvalue weighted by Gasteiger charge is -2.43. The third-order valence-corrected chi connectivity index (χ3v) is 18.6. The van der Waals surface area contributed by atoms with E-state index < -0.39 is 0 Å². The van der Waals surface area contributed by atoms with Crippen molar-refractivity contribution in [2.24, 2.45) is 0 Å². The van der Waals surface area contributed by atoms with Gasteiger partial charge < -0.3 is 13.8 Å². The zero-order chi connectivity index (χ0) is 47.9. The standard InChI is InChI=1S/C66H59BN2O/c1-62(2,3)36-24-26-37(27-25-36)69-53-33-47-41(38-18-12-15-21-45(38)65(47,8)9)30-43(53)58-59-60-56(57-40-20-14-17-23-55(40)70-61(57)58)44-31-49-50(64(6,7)29-28-63(49,4)5)35-52(44)68(60)54-34-48-42(32-51(54)67(59)69)39-19-13-16-22-46(39)66(48,10)11/h12-27,30-35H,28-29H2,1-11H3. The molecule has 5 aliphatic rings. The zero-order valence-electron chi connectivity index (χ0n) is 42.5. The molecule has 342 valence electrons. The minimum Gasteiger partial charge on any atom is -0.455 e. The van der Waals surface area contributed by atoms with Gasteiger partial charge in [-0.05, 0) is 150 Å². The summed E-state index contributed by atoms with van der Waals surface area (Å²) in [5, 5.41) is 5.05. The Labute approximate surface area is 412 Å². The molecule has 0 spiro atoms. The number of furan rings is 1. The molecule has 0 unspecified atom stereocenters. The van der Waals surface area contributed by atoms with E-state index in [1.54, 1.807) is 0 Å². The highest BCUT2D eigenvalue weighted by Crippen LogP contribution is 2.58. The fourth-order valence-corrected chi connectivity index (χ4v) is 14.6. The highest BCUT2D eigenvalue weighted by molar-refractivity contribution is 6.94. The summed E-state index contributed by atoms with van der Waals surface area (Å²) in [6.07, 6.45) is 2.32. The van der Waals surface area contributed by atoms with Gasteiger partial charge in [-0.25, -0.2) is 0 Å². The maximum absolute atomic E-state index is 7.47. The number of anilines is 2. The molecule has 4 heteroatoms. The van der Waals surface area contributed by atoms with Crippen molar-refractivity contribution in [2.45, 2.75) is 116 Å². The lowest BCUT2D eigenvalue weighted by molar-refractivity contribution is 0.332. The second kappa shape index (κ2) is 12.8. The van der Waals surface area contributed by atoms with Crippen LogP contribution in [0.3, 0.4) is 0 Å². The number of aromatic nitrogens is 1. The molecule has 0 bridgehead atoms. The zero-order valence-corrected chi connectivity index (χ0v) is 42.5. The highest BCUT2D eigenvalue weighted by atomic mass is 16.3. The Bertz CT molecular complexity index is 4050. The summed E-state index contributed by atoms with van der Waals surface area (Å²) < 4.78 is 10.2. The Hall–Kier alpha value is -6.78. The van der Waals surface area contributed by atoms with Crippen LogP contribution in [0.2, 0.25) is 0 Å². The predicted molar refractivity (Wildman–Crippen MR) is 296 cm³/mol. The van der Waals surface area contributed by atoms with E-state index in [1.807, 2.05) is 0 Å². The third kappa shape index (κ3) is 4.88. The molecule has 70 heavy (non-hydrogen) atoms. The fourth-order valence-electron chi connectivity index (χ4n) is 14.6. The van der Waals surface area contributed by atoms with Crippen molar-refractivity contribution in [2.75, 3.05) is 4.81 Å². The molecule has 0 N–H and O–H groups in total. The van der Waals surface area contributed by atoms with Gasteiger partial charge in [-0.3, -0.25) is 0 Å². The average molecular weight is 907 g/mol. The second-order valence-electron chi connectivity index (χ2n) is 25.1. The molecule has 0 atom stereocenters. The van der Waals surface area contributed by atoms with Crippen molar-refractivity contribution in [1.29, 1.82) is 0 Å². The van der Waals surface area contributed by atoms with Crippen LogP contribution < -0.4 is 15.7 Å². The maximum atomic E-state index is 7.47. The molecule has 3 aliphatic carbocycles. The molecule has 2 aromatic heterocycles. The Morgan fingerprint density at radius 1 is 0.514 bits per heavy atom. The first-order valence-electron chi connectivity index (χ1n) is 25.8. The summed E-state index contributed by atoms with van der Waals surface area (Å²) in [6, 6.07) is 52.3. The van der Waals surface area contributed by atoms with Gasteiger partial charge in [0.2, 0.25) is 0 Å². The van der Waals surface area contributed by atoms with Crippen LogP contribution in [0.25, 0.3) is 82.8 Å². The minimum absolute atomic E-state index is 0.0159. The van der Waals surface area contributed by atoms with E-state index >= 15 is 0 Å².